The molecule has 16 heavy (non-hydrogen) atoms. The molecule has 1 heterocycles. The molecule has 1 N–H and O–H groups in total. The van der Waals surface area contributed by atoms with Crippen molar-refractivity contribution < 1.29 is 9.90 Å². The first kappa shape index (κ1) is 10.6. The van der Waals surface area contributed by atoms with Gasteiger partial charge in [-0.05, 0) is 43.4 Å². The fourth-order valence-electron chi connectivity index (χ4n) is 3.42. The lowest BCUT2D eigenvalue weighted by Crippen LogP contribution is -2.47. The Morgan fingerprint density at radius 2 is 1.94 bits per heavy atom. The van der Waals surface area contributed by atoms with Gasteiger partial charge in [-0.15, -0.1) is 0 Å². The number of carbonyl (C=O) groups is 1. The summed E-state index contributed by atoms with van der Waals surface area (Å²) < 4.78 is 0. The number of likely N-dealkylation sites (tertiary alicyclic amines) is 1. The van der Waals surface area contributed by atoms with E-state index in [0.29, 0.717) is 18.4 Å². The third-order valence-corrected chi connectivity index (χ3v) is 4.82. The van der Waals surface area contributed by atoms with Crippen molar-refractivity contribution in [2.75, 3.05) is 13.1 Å². The van der Waals surface area contributed by atoms with Crippen molar-refractivity contribution in [3.8, 4) is 0 Å². The zero-order valence-electron chi connectivity index (χ0n) is 9.93. The molecule has 0 radical (unpaired) electrons. The average Bonchev–Trinajstić information content (AvgIpc) is 2.89. The predicted molar refractivity (Wildman–Crippen MR) is 60.7 cm³/mol. The van der Waals surface area contributed by atoms with Gasteiger partial charge in [-0.25, -0.2) is 0 Å². The molecule has 0 bridgehead atoms. The van der Waals surface area contributed by atoms with E-state index in [9.17, 15) is 9.90 Å². The molecule has 3 fully saturated rings. The third kappa shape index (κ3) is 1.75. The standard InChI is InChI=1S/C13H21NO2/c1-8-2-3-14(7-12(8)15)13(16)11-5-9-4-10(9)6-11/h8-12,15H,2-7H2,1H3. The number of hydrogen-bond donors (Lipinski definition) is 1. The summed E-state index contributed by atoms with van der Waals surface area (Å²) in [5, 5.41) is 9.81. The van der Waals surface area contributed by atoms with Gasteiger partial charge in [-0.1, -0.05) is 6.92 Å². The van der Waals surface area contributed by atoms with Crippen LogP contribution in [-0.2, 0) is 4.79 Å². The number of amides is 1. The fourth-order valence-corrected chi connectivity index (χ4v) is 3.42. The molecule has 1 saturated heterocycles. The Balaban J connectivity index is 1.58. The van der Waals surface area contributed by atoms with Gasteiger partial charge in [-0.3, -0.25) is 4.79 Å². The van der Waals surface area contributed by atoms with Crippen molar-refractivity contribution in [1.82, 2.24) is 4.90 Å². The largest absolute Gasteiger partial charge is 0.391 e. The monoisotopic (exact) mass is 223 g/mol. The summed E-state index contributed by atoms with van der Waals surface area (Å²) in [6.07, 6.45) is 4.24. The molecule has 1 aliphatic heterocycles. The van der Waals surface area contributed by atoms with E-state index < -0.39 is 0 Å². The average molecular weight is 223 g/mol. The van der Waals surface area contributed by atoms with Gasteiger partial charge in [0.2, 0.25) is 5.91 Å². The van der Waals surface area contributed by atoms with Crippen LogP contribution in [0.5, 0.6) is 0 Å². The van der Waals surface area contributed by atoms with Crippen LogP contribution in [-0.4, -0.2) is 35.1 Å². The van der Waals surface area contributed by atoms with E-state index in [1.807, 2.05) is 4.90 Å². The SMILES string of the molecule is CC1CCN(C(=O)C2CC3CC3C2)CC1O. The van der Waals surface area contributed by atoms with Crippen LogP contribution in [0, 0.1) is 23.7 Å². The topological polar surface area (TPSA) is 40.5 Å². The van der Waals surface area contributed by atoms with Crippen LogP contribution >= 0.6 is 0 Å². The third-order valence-electron chi connectivity index (χ3n) is 4.82. The van der Waals surface area contributed by atoms with Crippen LogP contribution < -0.4 is 0 Å². The molecular weight excluding hydrogens is 202 g/mol. The van der Waals surface area contributed by atoms with E-state index in [0.717, 1.165) is 37.6 Å². The first-order valence-electron chi connectivity index (χ1n) is 6.62. The lowest BCUT2D eigenvalue weighted by atomic mass is 9.94. The van der Waals surface area contributed by atoms with Crippen LogP contribution in [0.25, 0.3) is 0 Å². The molecular formula is C13H21NO2. The number of fused-ring (bicyclic) bond motifs is 1. The van der Waals surface area contributed by atoms with Crippen LogP contribution in [0.4, 0.5) is 0 Å². The summed E-state index contributed by atoms with van der Waals surface area (Å²) in [5.74, 6) is 2.67. The number of aliphatic hydroxyl groups excluding tert-OH is 1. The van der Waals surface area contributed by atoms with Crippen molar-refractivity contribution in [1.29, 1.82) is 0 Å². The second kappa shape index (κ2) is 3.73. The minimum Gasteiger partial charge on any atom is -0.391 e. The highest BCUT2D eigenvalue weighted by Gasteiger charge is 2.49. The summed E-state index contributed by atoms with van der Waals surface area (Å²) in [4.78, 5) is 14.1. The number of nitrogens with zero attached hydrogens (tertiary/aromatic N) is 1. The summed E-state index contributed by atoms with van der Waals surface area (Å²) in [7, 11) is 0. The molecule has 0 aromatic rings. The number of aliphatic hydroxyl groups is 1. The van der Waals surface area contributed by atoms with E-state index in [2.05, 4.69) is 6.92 Å². The fraction of sp³-hybridized carbons (Fsp3) is 0.923. The molecule has 2 saturated carbocycles. The lowest BCUT2D eigenvalue weighted by molar-refractivity contribution is -0.140. The van der Waals surface area contributed by atoms with Gasteiger partial charge in [0.25, 0.3) is 0 Å². The molecule has 3 aliphatic rings. The maximum Gasteiger partial charge on any atom is 0.225 e. The Labute approximate surface area is 96.8 Å². The molecule has 3 nitrogen and oxygen atoms in total. The number of hydrogen-bond acceptors (Lipinski definition) is 2. The highest BCUT2D eigenvalue weighted by molar-refractivity contribution is 5.79. The number of β-amino-alcohol motifs (C(OH)–C–C–N with tert-alkyl or cyclic N) is 1. The molecule has 90 valence electrons. The summed E-state index contributed by atoms with van der Waals surface area (Å²) >= 11 is 0. The maximum atomic E-state index is 12.2. The summed E-state index contributed by atoms with van der Waals surface area (Å²) in [5.41, 5.74) is 0. The number of rotatable bonds is 1. The van der Waals surface area contributed by atoms with Crippen molar-refractivity contribution in [3.63, 3.8) is 0 Å². The van der Waals surface area contributed by atoms with E-state index in [-0.39, 0.29) is 12.0 Å². The van der Waals surface area contributed by atoms with Gasteiger partial charge in [0.15, 0.2) is 0 Å². The van der Waals surface area contributed by atoms with E-state index in [1.54, 1.807) is 0 Å². The molecule has 4 unspecified atom stereocenters. The predicted octanol–water partition coefficient (Wildman–Crippen LogP) is 1.26. The molecule has 3 rings (SSSR count). The molecule has 4 atom stereocenters. The summed E-state index contributed by atoms with van der Waals surface area (Å²) in [6, 6.07) is 0. The second-order valence-electron chi connectivity index (χ2n) is 6.04. The minimum atomic E-state index is -0.311. The van der Waals surface area contributed by atoms with Gasteiger partial charge < -0.3 is 10.0 Å². The van der Waals surface area contributed by atoms with Crippen LogP contribution in [0.2, 0.25) is 0 Å². The van der Waals surface area contributed by atoms with Crippen molar-refractivity contribution >= 4 is 5.91 Å². The Morgan fingerprint density at radius 1 is 1.25 bits per heavy atom. The number of piperidine rings is 1. The van der Waals surface area contributed by atoms with Crippen LogP contribution in [0.3, 0.4) is 0 Å². The van der Waals surface area contributed by atoms with Crippen molar-refractivity contribution in [2.24, 2.45) is 23.7 Å². The van der Waals surface area contributed by atoms with E-state index in [1.165, 1.54) is 6.42 Å². The zero-order chi connectivity index (χ0) is 11.3. The van der Waals surface area contributed by atoms with E-state index >= 15 is 0 Å². The highest BCUT2D eigenvalue weighted by Crippen LogP contribution is 2.54. The van der Waals surface area contributed by atoms with Crippen molar-refractivity contribution in [3.05, 3.63) is 0 Å². The van der Waals surface area contributed by atoms with Gasteiger partial charge >= 0.3 is 0 Å². The highest BCUT2D eigenvalue weighted by atomic mass is 16.3. The maximum absolute atomic E-state index is 12.2. The normalized spacial score (nSPS) is 46.6. The number of carbonyl (C=O) groups excluding carboxylic acids is 1. The molecule has 2 aliphatic carbocycles. The van der Waals surface area contributed by atoms with Crippen molar-refractivity contribution in [2.45, 2.75) is 38.7 Å². The van der Waals surface area contributed by atoms with Crippen LogP contribution in [0.15, 0.2) is 0 Å². The van der Waals surface area contributed by atoms with Gasteiger partial charge in [0.1, 0.15) is 0 Å². The first-order valence-corrected chi connectivity index (χ1v) is 6.62. The van der Waals surface area contributed by atoms with Gasteiger partial charge in [0.05, 0.1) is 6.10 Å². The quantitative estimate of drug-likeness (QED) is 0.727. The van der Waals surface area contributed by atoms with E-state index in [4.69, 9.17) is 0 Å². The molecule has 1 amide bonds. The zero-order valence-corrected chi connectivity index (χ0v) is 9.93. The molecule has 0 spiro atoms. The van der Waals surface area contributed by atoms with Gasteiger partial charge in [0, 0.05) is 19.0 Å². The second-order valence-corrected chi connectivity index (χ2v) is 6.04. The Kier molecular flexibility index (Phi) is 2.46. The lowest BCUT2D eigenvalue weighted by Gasteiger charge is -2.35. The molecule has 0 aromatic carbocycles. The Morgan fingerprint density at radius 3 is 2.56 bits per heavy atom. The van der Waals surface area contributed by atoms with Gasteiger partial charge in [-0.2, -0.15) is 0 Å². The molecule has 0 aromatic heterocycles. The first-order chi connectivity index (χ1) is 7.65. The smallest absolute Gasteiger partial charge is 0.225 e. The van der Waals surface area contributed by atoms with Crippen LogP contribution in [0.1, 0.15) is 32.6 Å². The molecule has 3 heteroatoms. The Hall–Kier alpha value is -0.570. The Bertz CT molecular complexity index is 294. The summed E-state index contributed by atoms with van der Waals surface area (Å²) in [6.45, 7) is 3.48. The minimum absolute atomic E-state index is 0.282.